The Hall–Kier alpha value is -1.60. The third-order valence-electron chi connectivity index (χ3n) is 3.58. The molecule has 0 aliphatic heterocycles. The molecule has 0 amide bonds. The van der Waals surface area contributed by atoms with E-state index in [9.17, 15) is 0 Å². The van der Waals surface area contributed by atoms with Gasteiger partial charge < -0.3 is 4.48 Å². The molecular weight excluding hydrogens is 218 g/mol. The highest BCUT2D eigenvalue weighted by atomic mass is 15.4. The molecule has 0 bridgehead atoms. The van der Waals surface area contributed by atoms with E-state index in [4.69, 9.17) is 0 Å². The minimum absolute atomic E-state index is 0.403. The SMILES string of the molecule is C=CC[N+](CC=C)(CC=C)C(C)c1ccccc1. The van der Waals surface area contributed by atoms with Gasteiger partial charge in [-0.15, -0.1) is 0 Å². The molecule has 0 aliphatic rings. The van der Waals surface area contributed by atoms with Crippen LogP contribution in [0.4, 0.5) is 0 Å². The highest BCUT2D eigenvalue weighted by molar-refractivity contribution is 5.17. The fourth-order valence-corrected chi connectivity index (χ4v) is 2.52. The molecule has 0 N–H and O–H groups in total. The van der Waals surface area contributed by atoms with E-state index in [1.807, 2.05) is 18.2 Å². The summed E-state index contributed by atoms with van der Waals surface area (Å²) in [5.74, 6) is 0. The molecule has 1 rings (SSSR count). The van der Waals surface area contributed by atoms with Gasteiger partial charge in [0.25, 0.3) is 0 Å². The van der Waals surface area contributed by atoms with Crippen LogP contribution in [0.2, 0.25) is 0 Å². The molecule has 1 atom stereocenters. The average molecular weight is 242 g/mol. The number of nitrogens with zero attached hydrogens (tertiary/aromatic N) is 1. The Labute approximate surface area is 111 Å². The van der Waals surface area contributed by atoms with Gasteiger partial charge in [0.1, 0.15) is 6.04 Å². The molecule has 1 aromatic carbocycles. The molecule has 1 nitrogen and oxygen atoms in total. The second kappa shape index (κ2) is 6.97. The van der Waals surface area contributed by atoms with Gasteiger partial charge in [-0.2, -0.15) is 0 Å². The van der Waals surface area contributed by atoms with Crippen molar-refractivity contribution in [2.24, 2.45) is 0 Å². The van der Waals surface area contributed by atoms with Crippen LogP contribution in [0.5, 0.6) is 0 Å². The monoisotopic (exact) mass is 242 g/mol. The summed E-state index contributed by atoms with van der Waals surface area (Å²) < 4.78 is 0.903. The minimum Gasteiger partial charge on any atom is -0.308 e. The van der Waals surface area contributed by atoms with Gasteiger partial charge in [0, 0.05) is 5.56 Å². The number of benzene rings is 1. The smallest absolute Gasteiger partial charge is 0.113 e. The van der Waals surface area contributed by atoms with E-state index in [-0.39, 0.29) is 0 Å². The lowest BCUT2D eigenvalue weighted by molar-refractivity contribution is -0.939. The Kier molecular flexibility index (Phi) is 5.60. The summed E-state index contributed by atoms with van der Waals surface area (Å²) in [6.07, 6.45) is 5.98. The van der Waals surface area contributed by atoms with Crippen LogP contribution < -0.4 is 0 Å². The van der Waals surface area contributed by atoms with E-state index in [1.54, 1.807) is 0 Å². The van der Waals surface area contributed by atoms with Crippen LogP contribution in [0.25, 0.3) is 0 Å². The van der Waals surface area contributed by atoms with Crippen LogP contribution in [-0.4, -0.2) is 24.1 Å². The van der Waals surface area contributed by atoms with Gasteiger partial charge in [0.05, 0.1) is 19.6 Å². The molecule has 0 radical (unpaired) electrons. The molecule has 0 spiro atoms. The van der Waals surface area contributed by atoms with E-state index in [2.05, 4.69) is 57.0 Å². The number of hydrogen-bond acceptors (Lipinski definition) is 0. The Morgan fingerprint density at radius 1 is 0.944 bits per heavy atom. The second-order valence-corrected chi connectivity index (χ2v) is 4.72. The van der Waals surface area contributed by atoms with Crippen LogP contribution in [0, 0.1) is 0 Å². The van der Waals surface area contributed by atoms with Crippen molar-refractivity contribution in [2.45, 2.75) is 13.0 Å². The molecule has 0 aliphatic carbocycles. The van der Waals surface area contributed by atoms with Gasteiger partial charge in [-0.25, -0.2) is 0 Å². The van der Waals surface area contributed by atoms with Crippen LogP contribution in [-0.2, 0) is 0 Å². The quantitative estimate of drug-likeness (QED) is 0.475. The van der Waals surface area contributed by atoms with E-state index < -0.39 is 0 Å². The van der Waals surface area contributed by atoms with Gasteiger partial charge in [0.2, 0.25) is 0 Å². The Morgan fingerprint density at radius 2 is 1.39 bits per heavy atom. The maximum absolute atomic E-state index is 3.90. The van der Waals surface area contributed by atoms with Crippen molar-refractivity contribution in [1.82, 2.24) is 0 Å². The Morgan fingerprint density at radius 3 is 1.78 bits per heavy atom. The summed E-state index contributed by atoms with van der Waals surface area (Å²) in [7, 11) is 0. The van der Waals surface area contributed by atoms with E-state index in [0.717, 1.165) is 24.1 Å². The average Bonchev–Trinajstić information content (AvgIpc) is 2.39. The van der Waals surface area contributed by atoms with E-state index in [0.29, 0.717) is 6.04 Å². The molecule has 1 unspecified atom stereocenters. The predicted octanol–water partition coefficient (Wildman–Crippen LogP) is 4.12. The minimum atomic E-state index is 0.403. The lowest BCUT2D eigenvalue weighted by Crippen LogP contribution is -2.50. The highest BCUT2D eigenvalue weighted by Gasteiger charge is 2.31. The van der Waals surface area contributed by atoms with Crippen molar-refractivity contribution < 1.29 is 4.48 Å². The van der Waals surface area contributed by atoms with Gasteiger partial charge in [-0.3, -0.25) is 0 Å². The molecule has 0 aromatic heterocycles. The molecule has 0 saturated heterocycles. The first kappa shape index (κ1) is 14.5. The van der Waals surface area contributed by atoms with Crippen molar-refractivity contribution in [3.63, 3.8) is 0 Å². The molecular formula is C17H24N+. The highest BCUT2D eigenvalue weighted by Crippen LogP contribution is 2.28. The van der Waals surface area contributed by atoms with E-state index >= 15 is 0 Å². The summed E-state index contributed by atoms with van der Waals surface area (Å²) in [5.41, 5.74) is 1.35. The van der Waals surface area contributed by atoms with E-state index in [1.165, 1.54) is 5.56 Å². The normalized spacial score (nSPS) is 12.7. The molecule has 1 aromatic rings. The molecule has 0 heterocycles. The Balaban J connectivity index is 3.10. The predicted molar refractivity (Wildman–Crippen MR) is 80.3 cm³/mol. The maximum Gasteiger partial charge on any atom is 0.113 e. The van der Waals surface area contributed by atoms with Crippen molar-refractivity contribution in [3.05, 3.63) is 73.9 Å². The van der Waals surface area contributed by atoms with Crippen LogP contribution in [0.15, 0.2) is 68.3 Å². The Bertz CT molecular complexity index is 365. The zero-order valence-corrected chi connectivity index (χ0v) is 11.4. The third kappa shape index (κ3) is 3.21. The topological polar surface area (TPSA) is 0 Å². The van der Waals surface area contributed by atoms with Crippen molar-refractivity contribution >= 4 is 0 Å². The third-order valence-corrected chi connectivity index (χ3v) is 3.58. The maximum atomic E-state index is 3.90. The summed E-state index contributed by atoms with van der Waals surface area (Å²) in [4.78, 5) is 0. The summed E-state index contributed by atoms with van der Waals surface area (Å²) in [6, 6.07) is 11.0. The van der Waals surface area contributed by atoms with Gasteiger partial charge in [0.15, 0.2) is 0 Å². The fraction of sp³-hybridized carbons (Fsp3) is 0.294. The fourth-order valence-electron chi connectivity index (χ4n) is 2.52. The van der Waals surface area contributed by atoms with Gasteiger partial charge >= 0.3 is 0 Å². The number of rotatable bonds is 8. The van der Waals surface area contributed by atoms with Crippen molar-refractivity contribution in [2.75, 3.05) is 19.6 Å². The summed E-state index contributed by atoms with van der Waals surface area (Å²) in [5, 5.41) is 0. The van der Waals surface area contributed by atoms with Crippen LogP contribution >= 0.6 is 0 Å². The van der Waals surface area contributed by atoms with Crippen molar-refractivity contribution in [3.8, 4) is 0 Å². The summed E-state index contributed by atoms with van der Waals surface area (Å²) >= 11 is 0. The van der Waals surface area contributed by atoms with Crippen LogP contribution in [0.1, 0.15) is 18.5 Å². The lowest BCUT2D eigenvalue weighted by Gasteiger charge is -2.42. The first-order valence-electron chi connectivity index (χ1n) is 6.43. The van der Waals surface area contributed by atoms with Crippen LogP contribution in [0.3, 0.4) is 0 Å². The standard InChI is InChI=1S/C17H24N/c1-5-13-18(14-6-2,15-7-3)16(4)17-11-9-8-10-12-17/h5-12,16H,1-3,13-15H2,4H3/q+1. The lowest BCUT2D eigenvalue weighted by atomic mass is 10.0. The first-order valence-corrected chi connectivity index (χ1v) is 6.43. The zero-order valence-electron chi connectivity index (χ0n) is 11.4. The number of quaternary nitrogens is 1. The zero-order chi connectivity index (χ0) is 13.4. The molecule has 18 heavy (non-hydrogen) atoms. The number of hydrogen-bond donors (Lipinski definition) is 0. The van der Waals surface area contributed by atoms with Gasteiger partial charge in [-0.05, 0) is 25.2 Å². The molecule has 0 fully saturated rings. The molecule has 1 heteroatoms. The second-order valence-electron chi connectivity index (χ2n) is 4.72. The van der Waals surface area contributed by atoms with Gasteiger partial charge in [-0.1, -0.05) is 50.1 Å². The largest absolute Gasteiger partial charge is 0.308 e. The molecule has 96 valence electrons. The first-order chi connectivity index (χ1) is 8.70. The van der Waals surface area contributed by atoms with Crippen molar-refractivity contribution in [1.29, 1.82) is 0 Å². The molecule has 0 saturated carbocycles. The summed E-state index contributed by atoms with van der Waals surface area (Å²) in [6.45, 7) is 16.7.